The van der Waals surface area contributed by atoms with Gasteiger partial charge in [-0.05, 0) is 103 Å². The average molecular weight is 550 g/mol. The van der Waals surface area contributed by atoms with Crippen molar-refractivity contribution in [2.24, 2.45) is 17.3 Å². The number of carboxylic acids is 1. The molecule has 39 heavy (non-hydrogen) atoms. The first kappa shape index (κ1) is 27.5. The average Bonchev–Trinajstić information content (AvgIpc) is 3.18. The van der Waals surface area contributed by atoms with E-state index in [1.165, 1.54) is 22.3 Å². The van der Waals surface area contributed by atoms with Gasteiger partial charge in [-0.2, -0.15) is 0 Å². The third-order valence-electron chi connectivity index (χ3n) is 9.75. The molecule has 2 saturated carbocycles. The van der Waals surface area contributed by atoms with E-state index < -0.39 is 23.0 Å². The number of anilines is 1. The fourth-order valence-corrected chi connectivity index (χ4v) is 8.03. The highest BCUT2D eigenvalue weighted by molar-refractivity contribution is 6.30. The number of allylic oxidation sites excluding steroid dienone is 4. The van der Waals surface area contributed by atoms with E-state index in [9.17, 15) is 14.4 Å². The number of hydrogen-bond donors (Lipinski definition) is 1. The Labute approximate surface area is 235 Å². The van der Waals surface area contributed by atoms with E-state index in [0.29, 0.717) is 18.8 Å². The second kappa shape index (κ2) is 10.5. The van der Waals surface area contributed by atoms with Crippen LogP contribution in [0.3, 0.4) is 0 Å². The van der Waals surface area contributed by atoms with Gasteiger partial charge in [0.2, 0.25) is 0 Å². The van der Waals surface area contributed by atoms with Gasteiger partial charge >= 0.3 is 11.9 Å². The summed E-state index contributed by atoms with van der Waals surface area (Å²) in [6.45, 7) is 2.19. The van der Waals surface area contributed by atoms with Gasteiger partial charge in [0.1, 0.15) is 0 Å². The van der Waals surface area contributed by atoms with Gasteiger partial charge < -0.3 is 14.7 Å². The molecule has 7 heteroatoms. The highest BCUT2D eigenvalue weighted by Crippen LogP contribution is 2.67. The lowest BCUT2D eigenvalue weighted by molar-refractivity contribution is -0.168. The van der Waals surface area contributed by atoms with Crippen LogP contribution in [0.25, 0.3) is 0 Å². The zero-order valence-electron chi connectivity index (χ0n) is 22.9. The first-order valence-electron chi connectivity index (χ1n) is 13.9. The van der Waals surface area contributed by atoms with E-state index in [0.717, 1.165) is 37.8 Å². The zero-order chi connectivity index (χ0) is 27.9. The minimum absolute atomic E-state index is 0.0895. The van der Waals surface area contributed by atoms with Gasteiger partial charge in [-0.15, -0.1) is 0 Å². The van der Waals surface area contributed by atoms with Gasteiger partial charge in [0.05, 0.1) is 12.8 Å². The summed E-state index contributed by atoms with van der Waals surface area (Å²) in [5, 5.41) is 11.6. The van der Waals surface area contributed by atoms with Crippen molar-refractivity contribution in [2.75, 3.05) is 19.0 Å². The van der Waals surface area contributed by atoms with Crippen LogP contribution in [-0.2, 0) is 19.1 Å². The smallest absolute Gasteiger partial charge is 0.307 e. The van der Waals surface area contributed by atoms with Crippen molar-refractivity contribution in [2.45, 2.75) is 76.2 Å². The number of fused-ring (bicyclic) bond motifs is 4. The number of ether oxygens (including phenoxy) is 1. The summed E-state index contributed by atoms with van der Waals surface area (Å²) >= 11 is 6.02. The number of benzene rings is 1. The molecule has 0 saturated heterocycles. The molecule has 6 nitrogen and oxygen atoms in total. The van der Waals surface area contributed by atoms with E-state index >= 15 is 0 Å². The lowest BCUT2D eigenvalue weighted by Gasteiger charge is -2.54. The maximum absolute atomic E-state index is 12.9. The number of aliphatic carboxylic acids is 1. The quantitative estimate of drug-likeness (QED) is 0.346. The van der Waals surface area contributed by atoms with E-state index in [1.807, 2.05) is 20.2 Å². The Balaban J connectivity index is 1.61. The van der Waals surface area contributed by atoms with Crippen LogP contribution in [0.4, 0.5) is 5.69 Å². The Morgan fingerprint density at radius 2 is 1.87 bits per heavy atom. The Kier molecular flexibility index (Phi) is 7.41. The van der Waals surface area contributed by atoms with Crippen LogP contribution in [0, 0.1) is 28.6 Å². The van der Waals surface area contributed by atoms with E-state index in [4.69, 9.17) is 21.4 Å². The fourth-order valence-electron chi connectivity index (χ4n) is 7.88. The molecule has 0 heterocycles. The number of esters is 1. The van der Waals surface area contributed by atoms with Crippen LogP contribution in [0.2, 0.25) is 0 Å². The first-order chi connectivity index (χ1) is 18.6. The molecule has 1 N–H and O–H groups in total. The van der Waals surface area contributed by atoms with Crippen LogP contribution < -0.4 is 4.90 Å². The summed E-state index contributed by atoms with van der Waals surface area (Å²) in [6.07, 6.45) is 6.68. The number of carboxylic acid groups (broad SMARTS) is 1. The molecule has 0 bridgehead atoms. The summed E-state index contributed by atoms with van der Waals surface area (Å²) in [5.41, 5.74) is 4.78. The molecule has 0 amide bonds. The number of hydrogen-bond acceptors (Lipinski definition) is 5. The molecular formula is C32H36ClNO5. The zero-order valence-corrected chi connectivity index (χ0v) is 23.6. The van der Waals surface area contributed by atoms with E-state index in [-0.39, 0.29) is 30.5 Å². The second-order valence-corrected chi connectivity index (χ2v) is 12.1. The van der Waals surface area contributed by atoms with Crippen LogP contribution >= 0.6 is 11.6 Å². The van der Waals surface area contributed by atoms with Crippen LogP contribution in [0.5, 0.6) is 0 Å². The van der Waals surface area contributed by atoms with Crippen molar-refractivity contribution in [3.05, 3.63) is 52.6 Å². The summed E-state index contributed by atoms with van der Waals surface area (Å²) in [7, 11) is 4.05. The molecule has 1 aromatic carbocycles. The van der Waals surface area contributed by atoms with Gasteiger partial charge in [-0.3, -0.25) is 14.4 Å². The topological polar surface area (TPSA) is 83.9 Å². The van der Waals surface area contributed by atoms with Gasteiger partial charge in [-0.25, -0.2) is 0 Å². The number of rotatable bonds is 6. The van der Waals surface area contributed by atoms with E-state index in [1.54, 1.807) is 0 Å². The third kappa shape index (κ3) is 4.80. The lowest BCUT2D eigenvalue weighted by atomic mass is 9.51. The number of ketones is 1. The minimum Gasteiger partial charge on any atom is -0.481 e. The van der Waals surface area contributed by atoms with Gasteiger partial charge in [0.15, 0.2) is 11.4 Å². The van der Waals surface area contributed by atoms with Gasteiger partial charge in [0, 0.05) is 42.9 Å². The van der Waals surface area contributed by atoms with Crippen molar-refractivity contribution in [3.63, 3.8) is 0 Å². The van der Waals surface area contributed by atoms with Gasteiger partial charge in [0.25, 0.3) is 0 Å². The number of carbonyl (C=O) groups is 3. The van der Waals surface area contributed by atoms with Crippen LogP contribution in [-0.4, -0.2) is 42.5 Å². The third-order valence-corrected chi connectivity index (χ3v) is 9.84. The van der Waals surface area contributed by atoms with Gasteiger partial charge in [-0.1, -0.05) is 24.6 Å². The maximum Gasteiger partial charge on any atom is 0.307 e. The number of halogens is 1. The Morgan fingerprint density at radius 3 is 2.54 bits per heavy atom. The Morgan fingerprint density at radius 1 is 1.13 bits per heavy atom. The molecule has 0 aromatic heterocycles. The fraction of sp³-hybridized carbons (Fsp3) is 0.531. The van der Waals surface area contributed by atoms with Crippen molar-refractivity contribution in [1.29, 1.82) is 0 Å². The molecule has 3 unspecified atom stereocenters. The summed E-state index contributed by atoms with van der Waals surface area (Å²) in [4.78, 5) is 38.4. The monoisotopic (exact) mass is 549 g/mol. The second-order valence-electron chi connectivity index (χ2n) is 11.9. The maximum atomic E-state index is 12.9. The lowest BCUT2D eigenvalue weighted by Crippen LogP contribution is -2.53. The Bertz CT molecular complexity index is 1320. The highest BCUT2D eigenvalue weighted by atomic mass is 35.5. The summed E-state index contributed by atoms with van der Waals surface area (Å²) in [6, 6.07) is 8.67. The standard InChI is InChI=1S/C32H36ClNO5/c1-31-19-26(20-4-7-22(8-5-20)34(2)3)30-24-11-9-23(35)18-21(24)6-10-25(30)27(31)14-15-32(31,16-17-33)39-29(38)13-12-28(36)37/h4-5,7-8,18,25-27H,6,9-15,19H2,1-3H3,(H,36,37)/t25?,26?,27?,31-,32+/m0/s1. The molecule has 4 aliphatic carbocycles. The van der Waals surface area contributed by atoms with E-state index in [2.05, 4.69) is 47.4 Å². The Hall–Kier alpha value is -3.04. The van der Waals surface area contributed by atoms with Crippen molar-refractivity contribution in [3.8, 4) is 11.3 Å². The normalized spacial score (nSPS) is 31.2. The summed E-state index contributed by atoms with van der Waals surface area (Å²) < 4.78 is 6.16. The number of nitrogens with zero attached hydrogens (tertiary/aromatic N) is 1. The number of carbonyl (C=O) groups excluding carboxylic acids is 2. The molecule has 0 aliphatic heterocycles. The predicted octanol–water partition coefficient (Wildman–Crippen LogP) is 6.00. The molecule has 5 rings (SSSR count). The SMILES string of the molecule is CN(C)c1ccc(C2C[C@@]3(C)C(CC[C@]3(C#CCl)OC(=O)CCC(=O)O)C3CCC4=CC(=O)CCC4=C23)cc1. The minimum atomic E-state index is -1.08. The van der Waals surface area contributed by atoms with Crippen molar-refractivity contribution in [1.82, 2.24) is 0 Å². The first-order valence-corrected chi connectivity index (χ1v) is 14.3. The van der Waals surface area contributed by atoms with Crippen molar-refractivity contribution >= 4 is 35.0 Å². The molecule has 0 spiro atoms. The molecule has 206 valence electrons. The molecule has 4 aliphatic rings. The van der Waals surface area contributed by atoms with Crippen LogP contribution in [0.1, 0.15) is 76.2 Å². The largest absolute Gasteiger partial charge is 0.481 e. The molecule has 0 radical (unpaired) electrons. The molecule has 1 aromatic rings. The molecular weight excluding hydrogens is 514 g/mol. The predicted molar refractivity (Wildman–Crippen MR) is 150 cm³/mol. The highest BCUT2D eigenvalue weighted by Gasteiger charge is 2.65. The van der Waals surface area contributed by atoms with Crippen molar-refractivity contribution < 1.29 is 24.2 Å². The molecule has 5 atom stereocenters. The van der Waals surface area contributed by atoms with Crippen LogP contribution in [0.15, 0.2) is 47.1 Å². The summed E-state index contributed by atoms with van der Waals surface area (Å²) in [5.74, 6) is 2.37. The molecule has 2 fully saturated rings.